The Morgan fingerprint density at radius 2 is 1.66 bits per heavy atom. The molecule has 1 fully saturated rings. The highest BCUT2D eigenvalue weighted by atomic mass is 16.5. The molecule has 0 aliphatic carbocycles. The van der Waals surface area contributed by atoms with Crippen molar-refractivity contribution in [3.8, 4) is 11.8 Å². The summed E-state index contributed by atoms with van der Waals surface area (Å²) in [5.74, 6) is 5.63. The predicted molar refractivity (Wildman–Crippen MR) is 122 cm³/mol. The van der Waals surface area contributed by atoms with Crippen LogP contribution in [0.25, 0.3) is 0 Å². The summed E-state index contributed by atoms with van der Waals surface area (Å²) < 4.78 is 0. The molecule has 0 saturated carbocycles. The van der Waals surface area contributed by atoms with Crippen molar-refractivity contribution in [3.63, 3.8) is 0 Å². The van der Waals surface area contributed by atoms with Gasteiger partial charge >= 0.3 is 0 Å². The summed E-state index contributed by atoms with van der Waals surface area (Å²) in [5, 5.41) is 20.7. The number of piperidine rings is 1. The Morgan fingerprint density at radius 1 is 1.03 bits per heavy atom. The number of hydrogen-bond acceptors (Lipinski definition) is 6. The number of amides is 2. The summed E-state index contributed by atoms with van der Waals surface area (Å²) in [6.07, 6.45) is 4.27. The zero-order valence-corrected chi connectivity index (χ0v) is 17.3. The topological polar surface area (TPSA) is 115 Å². The minimum Gasteiger partial charge on any atom is -0.391 e. The molecular weight excluding hydrogens is 408 g/mol. The lowest BCUT2D eigenvalue weighted by Crippen LogP contribution is -2.51. The van der Waals surface area contributed by atoms with Crippen LogP contribution in [0.2, 0.25) is 0 Å². The monoisotopic (exact) mass is 438 g/mol. The molecule has 1 aromatic heterocycles. The quantitative estimate of drug-likeness (QED) is 0.323. The maximum Gasteiger partial charge on any atom is 0.268 e. The lowest BCUT2D eigenvalue weighted by atomic mass is 10.1. The number of anilines is 1. The van der Waals surface area contributed by atoms with Gasteiger partial charge in [0.1, 0.15) is 11.9 Å². The number of aromatic nitrogens is 1. The van der Waals surface area contributed by atoms with Gasteiger partial charge in [-0.3, -0.25) is 14.8 Å². The second-order valence-electron chi connectivity index (χ2n) is 7.45. The summed E-state index contributed by atoms with van der Waals surface area (Å²) in [5.41, 5.74) is 3.25. The number of hydrogen-bond donors (Lipinski definition) is 4. The van der Waals surface area contributed by atoms with Crippen LogP contribution in [0.4, 0.5) is 5.82 Å². The fourth-order valence-corrected chi connectivity index (χ4v) is 3.32. The van der Waals surface area contributed by atoms with Crippen molar-refractivity contribution < 1.29 is 19.9 Å². The Balaban J connectivity index is 0.00000363. The van der Waals surface area contributed by atoms with Crippen LogP contribution in [0, 0.1) is 11.8 Å². The molecule has 8 nitrogen and oxygen atoms in total. The highest BCUT2D eigenvalue weighted by Gasteiger charge is 2.25. The molecule has 2 atom stereocenters. The average molecular weight is 439 g/mol. The fourth-order valence-electron chi connectivity index (χ4n) is 3.32. The Hall–Kier alpha value is -3.41. The van der Waals surface area contributed by atoms with Gasteiger partial charge in [0.05, 0.1) is 6.10 Å². The van der Waals surface area contributed by atoms with Crippen LogP contribution >= 0.6 is 0 Å². The van der Waals surface area contributed by atoms with Gasteiger partial charge in [-0.15, -0.1) is 0 Å². The molecule has 2 aromatic rings. The smallest absolute Gasteiger partial charge is 0.268 e. The van der Waals surface area contributed by atoms with Crippen molar-refractivity contribution in [1.82, 2.24) is 15.8 Å². The summed E-state index contributed by atoms with van der Waals surface area (Å²) >= 11 is 0. The minimum absolute atomic E-state index is 0. The first-order valence-electron chi connectivity index (χ1n) is 10.2. The van der Waals surface area contributed by atoms with E-state index in [2.05, 4.69) is 27.0 Å². The van der Waals surface area contributed by atoms with Crippen LogP contribution in [0.3, 0.4) is 0 Å². The van der Waals surface area contributed by atoms with Crippen molar-refractivity contribution in [2.24, 2.45) is 0 Å². The Kier molecular flexibility index (Phi) is 9.20. The Bertz CT molecular complexity index is 956. The van der Waals surface area contributed by atoms with Crippen LogP contribution in [-0.4, -0.2) is 52.3 Å². The van der Waals surface area contributed by atoms with Crippen molar-refractivity contribution >= 4 is 17.6 Å². The number of hydroxylamine groups is 1. The van der Waals surface area contributed by atoms with Crippen LogP contribution in [0.15, 0.2) is 42.6 Å². The molecule has 3 rings (SSSR count). The van der Waals surface area contributed by atoms with E-state index in [0.717, 1.165) is 30.0 Å². The van der Waals surface area contributed by atoms with Gasteiger partial charge in [-0.05, 0) is 62.6 Å². The van der Waals surface area contributed by atoms with E-state index in [1.165, 1.54) is 31.7 Å². The molecule has 0 unspecified atom stereocenters. The second kappa shape index (κ2) is 11.8. The van der Waals surface area contributed by atoms with Crippen molar-refractivity contribution in [2.75, 3.05) is 18.0 Å². The summed E-state index contributed by atoms with van der Waals surface area (Å²) in [7, 11) is 0. The molecule has 1 aromatic carbocycles. The molecule has 0 radical (unpaired) electrons. The lowest BCUT2D eigenvalue weighted by molar-refractivity contribution is -0.133. The number of rotatable bonds is 5. The molecule has 0 spiro atoms. The molecule has 32 heavy (non-hydrogen) atoms. The van der Waals surface area contributed by atoms with Gasteiger partial charge < -0.3 is 15.3 Å². The summed E-state index contributed by atoms with van der Waals surface area (Å²) in [6, 6.07) is 9.22. The van der Waals surface area contributed by atoms with Gasteiger partial charge in [0, 0.05) is 36.0 Å². The van der Waals surface area contributed by atoms with Crippen LogP contribution < -0.4 is 15.7 Å². The SMILES string of the molecule is C.C[C@@H](O)[C@H](NC(=O)c1ccc(C#Cc2ccc(N3CCCCC3)nc2)cc1)C(=O)NO. The zero-order chi connectivity index (χ0) is 22.2. The Morgan fingerprint density at radius 3 is 2.22 bits per heavy atom. The molecule has 1 aliphatic heterocycles. The van der Waals surface area contributed by atoms with Gasteiger partial charge in [-0.1, -0.05) is 19.3 Å². The first-order valence-corrected chi connectivity index (χ1v) is 10.2. The van der Waals surface area contributed by atoms with Gasteiger partial charge in [0.2, 0.25) is 0 Å². The average Bonchev–Trinajstić information content (AvgIpc) is 2.81. The zero-order valence-electron chi connectivity index (χ0n) is 17.3. The number of carbonyl (C=O) groups is 2. The molecule has 1 saturated heterocycles. The summed E-state index contributed by atoms with van der Waals surface area (Å²) in [6.45, 7) is 3.42. The third-order valence-electron chi connectivity index (χ3n) is 5.09. The van der Waals surface area contributed by atoms with Gasteiger partial charge in [-0.25, -0.2) is 10.5 Å². The van der Waals surface area contributed by atoms with Crippen molar-refractivity contribution in [3.05, 3.63) is 59.3 Å². The molecule has 4 N–H and O–H groups in total. The number of aliphatic hydroxyl groups is 1. The number of aliphatic hydroxyl groups excluding tert-OH is 1. The van der Waals surface area contributed by atoms with Crippen molar-refractivity contribution in [2.45, 2.75) is 45.8 Å². The first kappa shape index (κ1) is 24.9. The number of carbonyl (C=O) groups excluding carboxylic acids is 2. The largest absolute Gasteiger partial charge is 0.391 e. The minimum atomic E-state index is -1.27. The predicted octanol–water partition coefficient (Wildman–Crippen LogP) is 2.09. The Labute approximate surface area is 188 Å². The standard InChI is InChI=1S/C23H26N4O4.CH4/c1-16(28)21(23(30)26-31)25-22(29)19-10-7-17(8-11-19)5-6-18-9-12-20(24-15-18)27-13-3-2-4-14-27;/h7-12,15-16,21,28,31H,2-4,13-14H2,1H3,(H,25,29)(H,26,30);1H4/t16-,21+;/m1./s1. The summed E-state index contributed by atoms with van der Waals surface area (Å²) in [4.78, 5) is 30.6. The normalized spacial score (nSPS) is 14.8. The van der Waals surface area contributed by atoms with E-state index in [9.17, 15) is 14.7 Å². The first-order chi connectivity index (χ1) is 15.0. The number of nitrogens with one attached hydrogen (secondary N) is 2. The third-order valence-corrected chi connectivity index (χ3v) is 5.09. The molecule has 8 heteroatoms. The van der Waals surface area contributed by atoms with E-state index in [-0.39, 0.29) is 7.43 Å². The van der Waals surface area contributed by atoms with E-state index in [1.54, 1.807) is 30.5 Å². The van der Waals surface area contributed by atoms with Gasteiger partial charge in [0.25, 0.3) is 11.8 Å². The number of pyridine rings is 1. The van der Waals surface area contributed by atoms with E-state index in [4.69, 9.17) is 5.21 Å². The van der Waals surface area contributed by atoms with E-state index in [0.29, 0.717) is 5.56 Å². The maximum atomic E-state index is 12.3. The lowest BCUT2D eigenvalue weighted by Gasteiger charge is -2.27. The molecular formula is C24H30N4O4. The van der Waals surface area contributed by atoms with Crippen LogP contribution in [-0.2, 0) is 4.79 Å². The highest BCUT2D eigenvalue weighted by Crippen LogP contribution is 2.17. The highest BCUT2D eigenvalue weighted by molar-refractivity contribution is 5.97. The molecule has 1 aliphatic rings. The molecule has 0 bridgehead atoms. The van der Waals surface area contributed by atoms with Crippen LogP contribution in [0.1, 0.15) is 55.1 Å². The van der Waals surface area contributed by atoms with Gasteiger partial charge in [0.15, 0.2) is 0 Å². The molecule has 2 heterocycles. The molecule has 170 valence electrons. The van der Waals surface area contributed by atoms with Crippen LogP contribution in [0.5, 0.6) is 0 Å². The number of nitrogens with zero attached hydrogens (tertiary/aromatic N) is 2. The third kappa shape index (κ3) is 6.54. The van der Waals surface area contributed by atoms with E-state index < -0.39 is 24.0 Å². The number of benzene rings is 1. The fraction of sp³-hybridized carbons (Fsp3) is 0.375. The van der Waals surface area contributed by atoms with E-state index in [1.807, 2.05) is 12.1 Å². The van der Waals surface area contributed by atoms with Gasteiger partial charge in [-0.2, -0.15) is 0 Å². The molecule has 2 amide bonds. The van der Waals surface area contributed by atoms with Crippen molar-refractivity contribution in [1.29, 1.82) is 0 Å². The second-order valence-corrected chi connectivity index (χ2v) is 7.45. The van der Waals surface area contributed by atoms with E-state index >= 15 is 0 Å². The maximum absolute atomic E-state index is 12.3.